The van der Waals surface area contributed by atoms with Crippen LogP contribution in [0.15, 0.2) is 65.1 Å². The predicted octanol–water partition coefficient (Wildman–Crippen LogP) is 6.13. The molecule has 0 saturated heterocycles. The maximum absolute atomic E-state index is 13.5. The lowest BCUT2D eigenvalue weighted by Crippen LogP contribution is -2.21. The molecule has 42 heavy (non-hydrogen) atoms. The number of nitrogens with zero attached hydrogens (tertiary/aromatic N) is 2. The molecule has 0 unspecified atom stereocenters. The molecule has 0 aliphatic carbocycles. The van der Waals surface area contributed by atoms with Gasteiger partial charge in [-0.05, 0) is 53.9 Å². The SMILES string of the molecule is Cn1cc(-c2ccc(C(F)(F)F)cc2C2=CCNCC2)c2ccc(S(=O)(=O)Nc3nccs3)cc21.O=C(O)C(F)(F)F. The van der Waals surface area contributed by atoms with Crippen molar-refractivity contribution in [3.05, 3.63) is 71.4 Å². The Morgan fingerprint density at radius 1 is 1.07 bits per heavy atom. The summed E-state index contributed by atoms with van der Waals surface area (Å²) < 4.78 is 102. The molecule has 0 spiro atoms. The molecule has 2 aromatic heterocycles. The molecular formula is C26H22F6N4O4S2. The first-order valence-electron chi connectivity index (χ1n) is 12.0. The van der Waals surface area contributed by atoms with Crippen LogP contribution in [0.5, 0.6) is 0 Å². The highest BCUT2D eigenvalue weighted by Crippen LogP contribution is 2.40. The van der Waals surface area contributed by atoms with Gasteiger partial charge in [0.1, 0.15) is 0 Å². The summed E-state index contributed by atoms with van der Waals surface area (Å²) in [6, 6.07) is 8.56. The van der Waals surface area contributed by atoms with Gasteiger partial charge < -0.3 is 15.0 Å². The van der Waals surface area contributed by atoms with E-state index >= 15 is 0 Å². The van der Waals surface area contributed by atoms with Crippen molar-refractivity contribution in [2.45, 2.75) is 23.7 Å². The number of carbonyl (C=O) groups is 1. The van der Waals surface area contributed by atoms with E-state index < -0.39 is 33.9 Å². The van der Waals surface area contributed by atoms with E-state index in [9.17, 15) is 34.8 Å². The molecule has 0 saturated carbocycles. The van der Waals surface area contributed by atoms with E-state index in [1.54, 1.807) is 29.1 Å². The minimum atomic E-state index is -5.08. The summed E-state index contributed by atoms with van der Waals surface area (Å²) in [5, 5.41) is 13.0. The third-order valence-electron chi connectivity index (χ3n) is 6.22. The molecule has 0 radical (unpaired) electrons. The molecule has 1 aliphatic rings. The van der Waals surface area contributed by atoms with E-state index in [1.165, 1.54) is 35.7 Å². The summed E-state index contributed by atoms with van der Waals surface area (Å²) in [5.74, 6) is -2.76. The van der Waals surface area contributed by atoms with Crippen molar-refractivity contribution in [1.29, 1.82) is 0 Å². The summed E-state index contributed by atoms with van der Waals surface area (Å²) in [7, 11) is -2.07. The number of thiazole rings is 1. The fourth-order valence-corrected chi connectivity index (χ4v) is 6.09. The van der Waals surface area contributed by atoms with Crippen LogP contribution in [0.4, 0.5) is 31.5 Å². The van der Waals surface area contributed by atoms with E-state index in [2.05, 4.69) is 15.0 Å². The van der Waals surface area contributed by atoms with Crippen LogP contribution in [0, 0.1) is 0 Å². The zero-order chi connectivity index (χ0) is 30.9. The molecule has 0 amide bonds. The number of aromatic nitrogens is 2. The number of halogens is 6. The van der Waals surface area contributed by atoms with Crippen molar-refractivity contribution >= 4 is 48.9 Å². The number of aryl methyl sites for hydroxylation is 1. The molecule has 2 aromatic carbocycles. The van der Waals surface area contributed by atoms with E-state index in [0.717, 1.165) is 22.6 Å². The first-order chi connectivity index (χ1) is 19.6. The summed E-state index contributed by atoms with van der Waals surface area (Å²) in [5.41, 5.74) is 2.75. The highest BCUT2D eigenvalue weighted by Gasteiger charge is 2.38. The molecule has 0 fully saturated rings. The van der Waals surface area contributed by atoms with Crippen LogP contribution in [0.3, 0.4) is 0 Å². The van der Waals surface area contributed by atoms with E-state index in [1.807, 2.05) is 12.3 Å². The highest BCUT2D eigenvalue weighted by atomic mass is 32.2. The van der Waals surface area contributed by atoms with Crippen LogP contribution in [0.2, 0.25) is 0 Å². The second kappa shape index (κ2) is 11.8. The Morgan fingerprint density at radius 3 is 2.36 bits per heavy atom. The predicted molar refractivity (Wildman–Crippen MR) is 145 cm³/mol. The number of aliphatic carboxylic acids is 1. The number of hydrogen-bond donors (Lipinski definition) is 3. The smallest absolute Gasteiger partial charge is 0.475 e. The van der Waals surface area contributed by atoms with Gasteiger partial charge in [0.25, 0.3) is 10.0 Å². The zero-order valence-corrected chi connectivity index (χ0v) is 23.2. The van der Waals surface area contributed by atoms with Crippen molar-refractivity contribution in [2.24, 2.45) is 7.05 Å². The highest BCUT2D eigenvalue weighted by molar-refractivity contribution is 7.93. The van der Waals surface area contributed by atoms with Gasteiger partial charge in [-0.3, -0.25) is 4.72 Å². The van der Waals surface area contributed by atoms with Crippen LogP contribution < -0.4 is 10.0 Å². The normalized spacial score (nSPS) is 14.2. The van der Waals surface area contributed by atoms with Gasteiger partial charge in [-0.2, -0.15) is 26.3 Å². The molecule has 1 aliphatic heterocycles. The number of alkyl halides is 6. The van der Waals surface area contributed by atoms with Crippen LogP contribution in [-0.2, 0) is 28.0 Å². The monoisotopic (exact) mass is 632 g/mol. The topological polar surface area (TPSA) is 113 Å². The molecule has 0 bridgehead atoms. The maximum Gasteiger partial charge on any atom is 0.490 e. The van der Waals surface area contributed by atoms with Crippen molar-refractivity contribution in [2.75, 3.05) is 17.8 Å². The van der Waals surface area contributed by atoms with Crippen LogP contribution in [-0.4, -0.2) is 48.3 Å². The van der Waals surface area contributed by atoms with Gasteiger partial charge in [0, 0.05) is 47.8 Å². The first kappa shape index (κ1) is 31.1. The third kappa shape index (κ3) is 6.94. The Labute approximate surface area is 239 Å². The Bertz CT molecular complexity index is 1740. The molecular weight excluding hydrogens is 610 g/mol. The number of carboxylic acid groups (broad SMARTS) is 1. The Hall–Kier alpha value is -3.89. The Kier molecular flexibility index (Phi) is 8.71. The minimum absolute atomic E-state index is 0.0710. The molecule has 3 heterocycles. The number of carboxylic acids is 1. The number of anilines is 1. The quantitative estimate of drug-likeness (QED) is 0.228. The molecule has 16 heteroatoms. The van der Waals surface area contributed by atoms with Gasteiger partial charge >= 0.3 is 18.3 Å². The van der Waals surface area contributed by atoms with Crippen LogP contribution in [0.25, 0.3) is 27.6 Å². The van der Waals surface area contributed by atoms with Crippen LogP contribution in [0.1, 0.15) is 17.5 Å². The average Bonchev–Trinajstić information content (AvgIpc) is 3.55. The number of sulfonamides is 1. The van der Waals surface area contributed by atoms with Crippen molar-refractivity contribution in [3.8, 4) is 11.1 Å². The van der Waals surface area contributed by atoms with Gasteiger partial charge in [-0.25, -0.2) is 18.2 Å². The van der Waals surface area contributed by atoms with E-state index in [4.69, 9.17) is 9.90 Å². The Morgan fingerprint density at radius 2 is 1.79 bits per heavy atom. The van der Waals surface area contributed by atoms with Gasteiger partial charge in [0.05, 0.1) is 10.5 Å². The first-order valence-corrected chi connectivity index (χ1v) is 14.4. The fourth-order valence-electron chi connectivity index (χ4n) is 4.28. The molecule has 224 valence electrons. The van der Waals surface area contributed by atoms with Crippen molar-refractivity contribution in [1.82, 2.24) is 14.9 Å². The molecule has 8 nitrogen and oxygen atoms in total. The van der Waals surface area contributed by atoms with E-state index in [0.29, 0.717) is 36.2 Å². The number of rotatable bonds is 5. The molecule has 4 aromatic rings. The van der Waals surface area contributed by atoms with Crippen LogP contribution >= 0.6 is 11.3 Å². The molecule has 5 rings (SSSR count). The number of hydrogen-bond acceptors (Lipinski definition) is 6. The fraction of sp³-hybridized carbons (Fsp3) is 0.231. The number of nitrogens with one attached hydrogen (secondary N) is 2. The summed E-state index contributed by atoms with van der Waals surface area (Å²) in [6.07, 6.45) is -3.67. The lowest BCUT2D eigenvalue weighted by Gasteiger charge is -2.19. The molecule has 3 N–H and O–H groups in total. The second-order valence-electron chi connectivity index (χ2n) is 9.02. The second-order valence-corrected chi connectivity index (χ2v) is 11.6. The zero-order valence-electron chi connectivity index (χ0n) is 21.5. The lowest BCUT2D eigenvalue weighted by atomic mass is 9.90. The minimum Gasteiger partial charge on any atom is -0.475 e. The number of benzene rings is 2. The lowest BCUT2D eigenvalue weighted by molar-refractivity contribution is -0.192. The third-order valence-corrected chi connectivity index (χ3v) is 8.37. The average molecular weight is 633 g/mol. The summed E-state index contributed by atoms with van der Waals surface area (Å²) in [6.45, 7) is 1.28. The van der Waals surface area contributed by atoms with E-state index in [-0.39, 0.29) is 10.0 Å². The number of fused-ring (bicyclic) bond motifs is 1. The summed E-state index contributed by atoms with van der Waals surface area (Å²) >= 11 is 1.17. The summed E-state index contributed by atoms with van der Waals surface area (Å²) in [4.78, 5) is 12.9. The van der Waals surface area contributed by atoms with Crippen molar-refractivity contribution in [3.63, 3.8) is 0 Å². The van der Waals surface area contributed by atoms with Crippen molar-refractivity contribution < 1.29 is 44.7 Å². The maximum atomic E-state index is 13.5. The van der Waals surface area contributed by atoms with Gasteiger partial charge in [0.2, 0.25) is 0 Å². The standard InChI is InChI=1S/C24H21F3N4O2S2.C2HF3O2/c1-31-14-21(18-4-2-16(24(25,26)27)12-20(18)15-6-8-28-9-7-15)19-5-3-17(13-22(19)31)35(32,33)30-23-29-10-11-34-23;3-2(4,5)1(6)7/h2-6,10-14,28H,7-9H2,1H3,(H,29,30);(H,6,7). The van der Waals surface area contributed by atoms with Gasteiger partial charge in [-0.15, -0.1) is 11.3 Å². The van der Waals surface area contributed by atoms with Gasteiger partial charge in [0.15, 0.2) is 5.13 Å². The molecule has 0 atom stereocenters. The largest absolute Gasteiger partial charge is 0.490 e. The Balaban J connectivity index is 0.000000517. The van der Waals surface area contributed by atoms with Gasteiger partial charge in [-0.1, -0.05) is 18.2 Å².